The Morgan fingerprint density at radius 1 is 1.50 bits per heavy atom. The van der Waals surface area contributed by atoms with Gasteiger partial charge in [0.25, 0.3) is 0 Å². The molecule has 0 amide bonds. The zero-order valence-electron chi connectivity index (χ0n) is 7.72. The van der Waals surface area contributed by atoms with Crippen molar-refractivity contribution in [3.8, 4) is 5.75 Å². The van der Waals surface area contributed by atoms with Crippen molar-refractivity contribution in [3.05, 3.63) is 26.6 Å². The van der Waals surface area contributed by atoms with Crippen LogP contribution < -0.4 is 4.74 Å². The first-order valence-corrected chi connectivity index (χ1v) is 5.95. The van der Waals surface area contributed by atoms with Crippen LogP contribution in [0, 0.1) is 6.92 Å². The van der Waals surface area contributed by atoms with Crippen LogP contribution in [0.5, 0.6) is 5.75 Å². The Bertz CT molecular complexity index is 325. The van der Waals surface area contributed by atoms with Crippen LogP contribution in [0.4, 0.5) is 0 Å². The molecule has 1 fully saturated rings. The van der Waals surface area contributed by atoms with E-state index in [0.29, 0.717) is 12.7 Å². The smallest absolute Gasteiger partial charge is 0.120 e. The van der Waals surface area contributed by atoms with E-state index in [1.807, 2.05) is 19.1 Å². The van der Waals surface area contributed by atoms with E-state index in [2.05, 4.69) is 31.9 Å². The normalized spacial score (nSPS) is 19.5. The molecule has 0 aliphatic carbocycles. The number of halogens is 2. The molecule has 0 bridgehead atoms. The molecule has 1 unspecified atom stereocenters. The molecule has 0 aromatic heterocycles. The molecule has 1 saturated heterocycles. The predicted octanol–water partition coefficient (Wildman–Crippen LogP) is 3.30. The third-order valence-electron chi connectivity index (χ3n) is 2.02. The molecular weight excluding hydrogens is 312 g/mol. The van der Waals surface area contributed by atoms with Gasteiger partial charge < -0.3 is 9.47 Å². The molecule has 0 N–H and O–H groups in total. The number of ether oxygens (including phenoxy) is 2. The zero-order valence-corrected chi connectivity index (χ0v) is 10.9. The molecule has 0 spiro atoms. The van der Waals surface area contributed by atoms with E-state index in [1.165, 1.54) is 0 Å². The van der Waals surface area contributed by atoms with E-state index in [0.717, 1.165) is 26.9 Å². The summed E-state index contributed by atoms with van der Waals surface area (Å²) in [7, 11) is 0. The quantitative estimate of drug-likeness (QED) is 0.797. The summed E-state index contributed by atoms with van der Waals surface area (Å²) in [4.78, 5) is 0. The van der Waals surface area contributed by atoms with E-state index >= 15 is 0 Å². The Labute approximate surface area is 99.8 Å². The second-order valence-electron chi connectivity index (χ2n) is 3.30. The molecule has 2 rings (SSSR count). The number of hydrogen-bond acceptors (Lipinski definition) is 2. The number of hydrogen-bond donors (Lipinski definition) is 0. The monoisotopic (exact) mass is 320 g/mol. The van der Waals surface area contributed by atoms with Crippen LogP contribution in [0.2, 0.25) is 0 Å². The van der Waals surface area contributed by atoms with E-state index < -0.39 is 0 Å². The number of epoxide rings is 1. The molecule has 2 nitrogen and oxygen atoms in total. The van der Waals surface area contributed by atoms with E-state index in [9.17, 15) is 0 Å². The zero-order chi connectivity index (χ0) is 10.1. The summed E-state index contributed by atoms with van der Waals surface area (Å²) in [6.07, 6.45) is 0.303. The molecular formula is C10H10Br2O2. The first-order chi connectivity index (χ1) is 6.66. The minimum Gasteiger partial charge on any atom is -0.491 e. The molecule has 0 radical (unpaired) electrons. The van der Waals surface area contributed by atoms with Gasteiger partial charge in [0.1, 0.15) is 18.5 Å². The van der Waals surface area contributed by atoms with Crippen molar-refractivity contribution in [3.63, 3.8) is 0 Å². The van der Waals surface area contributed by atoms with Gasteiger partial charge in [-0.25, -0.2) is 0 Å². The summed E-state index contributed by atoms with van der Waals surface area (Å²) in [6.45, 7) is 3.51. The standard InChI is InChI=1S/C10H10Br2O2/c1-6-2-7(3-9(11)10(6)12)13-4-8-5-14-8/h2-3,8H,4-5H2,1H3. The highest BCUT2D eigenvalue weighted by molar-refractivity contribution is 9.13. The molecule has 1 aliphatic rings. The molecule has 14 heavy (non-hydrogen) atoms. The third-order valence-corrected chi connectivity index (χ3v) is 4.23. The fraction of sp³-hybridized carbons (Fsp3) is 0.400. The number of aryl methyl sites for hydroxylation is 1. The fourth-order valence-electron chi connectivity index (χ4n) is 1.13. The van der Waals surface area contributed by atoms with Crippen molar-refractivity contribution in [2.75, 3.05) is 13.2 Å². The van der Waals surface area contributed by atoms with E-state index in [-0.39, 0.29) is 0 Å². The molecule has 1 atom stereocenters. The van der Waals surface area contributed by atoms with Gasteiger partial charge in [0, 0.05) is 8.95 Å². The van der Waals surface area contributed by atoms with Crippen molar-refractivity contribution in [2.24, 2.45) is 0 Å². The van der Waals surface area contributed by atoms with Crippen LogP contribution in [-0.4, -0.2) is 19.3 Å². The summed E-state index contributed by atoms with van der Waals surface area (Å²) >= 11 is 6.94. The SMILES string of the molecule is Cc1cc(OCC2CO2)cc(Br)c1Br. The van der Waals surface area contributed by atoms with Crippen LogP contribution in [0.1, 0.15) is 5.56 Å². The average Bonchev–Trinajstić information content (AvgIpc) is 2.94. The van der Waals surface area contributed by atoms with Gasteiger partial charge in [-0.3, -0.25) is 0 Å². The molecule has 1 aromatic carbocycles. The second-order valence-corrected chi connectivity index (χ2v) is 4.95. The number of benzene rings is 1. The highest BCUT2D eigenvalue weighted by Gasteiger charge is 2.23. The Morgan fingerprint density at radius 3 is 2.79 bits per heavy atom. The topological polar surface area (TPSA) is 21.8 Å². The Hall–Kier alpha value is -0.0600. The van der Waals surface area contributed by atoms with Crippen molar-refractivity contribution >= 4 is 31.9 Å². The average molecular weight is 322 g/mol. The highest BCUT2D eigenvalue weighted by atomic mass is 79.9. The van der Waals surface area contributed by atoms with Gasteiger partial charge in [0.2, 0.25) is 0 Å². The number of rotatable bonds is 3. The molecule has 0 saturated carbocycles. The minimum atomic E-state index is 0.303. The summed E-state index contributed by atoms with van der Waals surface area (Å²) in [5.74, 6) is 0.882. The molecule has 1 heterocycles. The molecule has 76 valence electrons. The Balaban J connectivity index is 2.08. The lowest BCUT2D eigenvalue weighted by Gasteiger charge is -2.07. The third kappa shape index (κ3) is 2.49. The van der Waals surface area contributed by atoms with Crippen LogP contribution in [-0.2, 0) is 4.74 Å². The minimum absolute atomic E-state index is 0.303. The van der Waals surface area contributed by atoms with Crippen LogP contribution in [0.25, 0.3) is 0 Å². The van der Waals surface area contributed by atoms with Crippen LogP contribution in [0.15, 0.2) is 21.1 Å². The van der Waals surface area contributed by atoms with Crippen molar-refractivity contribution in [1.82, 2.24) is 0 Å². The van der Waals surface area contributed by atoms with Gasteiger partial charge in [-0.2, -0.15) is 0 Å². The largest absolute Gasteiger partial charge is 0.491 e. The maximum atomic E-state index is 5.57. The van der Waals surface area contributed by atoms with Gasteiger partial charge in [0.05, 0.1) is 6.61 Å². The Kier molecular flexibility index (Phi) is 3.14. The maximum Gasteiger partial charge on any atom is 0.120 e. The van der Waals surface area contributed by atoms with E-state index in [4.69, 9.17) is 9.47 Å². The highest BCUT2D eigenvalue weighted by Crippen LogP contribution is 2.31. The lowest BCUT2D eigenvalue weighted by atomic mass is 10.2. The van der Waals surface area contributed by atoms with Crippen molar-refractivity contribution in [2.45, 2.75) is 13.0 Å². The van der Waals surface area contributed by atoms with Gasteiger partial charge in [-0.15, -0.1) is 0 Å². The van der Waals surface area contributed by atoms with Gasteiger partial charge >= 0.3 is 0 Å². The summed E-state index contributed by atoms with van der Waals surface area (Å²) in [5, 5.41) is 0. The summed E-state index contributed by atoms with van der Waals surface area (Å²) in [5.41, 5.74) is 1.16. The first-order valence-electron chi connectivity index (χ1n) is 4.37. The van der Waals surface area contributed by atoms with E-state index in [1.54, 1.807) is 0 Å². The van der Waals surface area contributed by atoms with Crippen LogP contribution >= 0.6 is 31.9 Å². The molecule has 1 aromatic rings. The van der Waals surface area contributed by atoms with Crippen LogP contribution in [0.3, 0.4) is 0 Å². The maximum absolute atomic E-state index is 5.57. The lowest BCUT2D eigenvalue weighted by molar-refractivity contribution is 0.263. The van der Waals surface area contributed by atoms with Gasteiger partial charge in [-0.1, -0.05) is 0 Å². The van der Waals surface area contributed by atoms with Gasteiger partial charge in [0.15, 0.2) is 0 Å². The molecule has 4 heteroatoms. The fourth-order valence-corrected chi connectivity index (χ4v) is 1.90. The Morgan fingerprint density at radius 2 is 2.21 bits per heavy atom. The predicted molar refractivity (Wildman–Crippen MR) is 61.8 cm³/mol. The lowest BCUT2D eigenvalue weighted by Crippen LogP contribution is -2.04. The van der Waals surface area contributed by atoms with Gasteiger partial charge in [-0.05, 0) is 56.5 Å². The second kappa shape index (κ2) is 4.21. The van der Waals surface area contributed by atoms with Crippen molar-refractivity contribution in [1.29, 1.82) is 0 Å². The summed E-state index contributed by atoms with van der Waals surface area (Å²) in [6, 6.07) is 3.97. The first kappa shape index (κ1) is 10.5. The summed E-state index contributed by atoms with van der Waals surface area (Å²) < 4.78 is 12.7. The van der Waals surface area contributed by atoms with Crippen molar-refractivity contribution < 1.29 is 9.47 Å². The molecule has 1 aliphatic heterocycles.